The summed E-state index contributed by atoms with van der Waals surface area (Å²) in [5.41, 5.74) is 2.31. The minimum absolute atomic E-state index is 0.0152. The van der Waals surface area contributed by atoms with E-state index in [9.17, 15) is 0 Å². The summed E-state index contributed by atoms with van der Waals surface area (Å²) in [6, 6.07) is 0. The molecule has 0 aliphatic heterocycles. The fourth-order valence-corrected chi connectivity index (χ4v) is 12.0. The van der Waals surface area contributed by atoms with Crippen molar-refractivity contribution < 1.29 is 0 Å². The number of allylic oxidation sites excluding steroid dienone is 4. The highest BCUT2D eigenvalue weighted by Crippen LogP contribution is 2.70. The Hall–Kier alpha value is 0.340. The van der Waals surface area contributed by atoms with Crippen LogP contribution in [0.25, 0.3) is 0 Å². The molecule has 0 aromatic rings. The predicted molar refractivity (Wildman–Crippen MR) is 105 cm³/mol. The van der Waals surface area contributed by atoms with E-state index in [1.165, 1.54) is 0 Å². The van der Waals surface area contributed by atoms with Crippen molar-refractivity contribution in [3.63, 3.8) is 0 Å². The van der Waals surface area contributed by atoms with Crippen molar-refractivity contribution in [1.82, 2.24) is 0 Å². The third-order valence-electron chi connectivity index (χ3n) is 3.98. The highest BCUT2D eigenvalue weighted by atomic mass is 31.1. The molecule has 1 rings (SSSR count). The molecular weight excluding hydrogens is 290 g/mol. The molecule has 0 saturated carbocycles. The first kappa shape index (κ1) is 19.4. The van der Waals surface area contributed by atoms with Crippen LogP contribution in [0.5, 0.6) is 0 Å². The average molecular weight is 326 g/mol. The molecule has 1 aliphatic carbocycles. The van der Waals surface area contributed by atoms with Gasteiger partial charge in [-0.25, -0.2) is 0 Å². The first-order chi connectivity index (χ1) is 9.37. The second kappa shape index (κ2) is 6.84. The molecule has 0 nitrogen and oxygen atoms in total. The molecule has 1 aliphatic rings. The van der Waals surface area contributed by atoms with Crippen molar-refractivity contribution >= 4 is 15.8 Å². The average Bonchev–Trinajstić information content (AvgIpc) is 2.60. The number of hydrogen-bond acceptors (Lipinski definition) is 0. The summed E-state index contributed by atoms with van der Waals surface area (Å²) in [5, 5.41) is 2.51. The van der Waals surface area contributed by atoms with Gasteiger partial charge < -0.3 is 0 Å². The van der Waals surface area contributed by atoms with Crippen molar-refractivity contribution in [1.29, 1.82) is 0 Å². The highest BCUT2D eigenvalue weighted by molar-refractivity contribution is 7.68. The van der Waals surface area contributed by atoms with Crippen LogP contribution in [-0.4, -0.2) is 27.3 Å². The Bertz CT molecular complexity index is 380. The van der Waals surface area contributed by atoms with Crippen molar-refractivity contribution in [3.8, 4) is 0 Å². The van der Waals surface area contributed by atoms with Crippen LogP contribution in [0.4, 0.5) is 0 Å². The third-order valence-corrected chi connectivity index (χ3v) is 11.3. The largest absolute Gasteiger partial charge is 0.0897 e. The van der Waals surface area contributed by atoms with E-state index in [1.807, 2.05) is 0 Å². The van der Waals surface area contributed by atoms with Gasteiger partial charge in [-0.3, -0.25) is 0 Å². The van der Waals surface area contributed by atoms with Crippen LogP contribution < -0.4 is 0 Å². The topological polar surface area (TPSA) is 0 Å². The summed E-state index contributed by atoms with van der Waals surface area (Å²) in [6.07, 6.45) is 7.31. The maximum atomic E-state index is 2.51. The van der Waals surface area contributed by atoms with E-state index >= 15 is 0 Å². The normalized spacial score (nSPS) is 20.3. The molecule has 1 unspecified atom stereocenters. The Morgan fingerprint density at radius 3 is 1.62 bits per heavy atom. The van der Waals surface area contributed by atoms with Crippen LogP contribution in [0, 0.1) is 0 Å². The lowest BCUT2D eigenvalue weighted by atomic mass is 10.2. The van der Waals surface area contributed by atoms with Crippen molar-refractivity contribution in [3.05, 3.63) is 23.5 Å². The van der Waals surface area contributed by atoms with Gasteiger partial charge in [-0.05, 0) is 26.9 Å². The predicted octanol–water partition coefficient (Wildman–Crippen LogP) is 7.19. The Labute approximate surface area is 136 Å². The van der Waals surface area contributed by atoms with Crippen molar-refractivity contribution in [2.45, 2.75) is 96.5 Å². The summed E-state index contributed by atoms with van der Waals surface area (Å²) in [4.78, 5) is 0. The molecule has 0 amide bonds. The fourth-order valence-electron chi connectivity index (χ4n) is 3.94. The lowest BCUT2D eigenvalue weighted by Gasteiger charge is -2.46. The number of hydrogen-bond donors (Lipinski definition) is 0. The molecule has 0 saturated heterocycles. The molecule has 0 spiro atoms. The van der Waals surface area contributed by atoms with Gasteiger partial charge in [-0.2, -0.15) is 0 Å². The van der Waals surface area contributed by atoms with E-state index in [-0.39, 0.29) is 15.8 Å². The van der Waals surface area contributed by atoms with E-state index in [0.717, 1.165) is 11.3 Å². The van der Waals surface area contributed by atoms with E-state index in [0.29, 0.717) is 16.0 Å². The summed E-state index contributed by atoms with van der Waals surface area (Å²) < 4.78 is 0. The first-order valence-corrected chi connectivity index (χ1v) is 11.2. The van der Waals surface area contributed by atoms with Gasteiger partial charge in [0.15, 0.2) is 0 Å². The van der Waals surface area contributed by atoms with Crippen LogP contribution in [-0.2, 0) is 0 Å². The molecule has 0 radical (unpaired) electrons. The van der Waals surface area contributed by atoms with Gasteiger partial charge in [0.2, 0.25) is 0 Å². The summed E-state index contributed by atoms with van der Waals surface area (Å²) in [6.45, 7) is 24.3. The molecule has 122 valence electrons. The van der Waals surface area contributed by atoms with E-state index in [2.05, 4.69) is 87.5 Å². The zero-order valence-electron chi connectivity index (χ0n) is 15.9. The molecular formula is C19H36P2. The smallest absolute Gasteiger partial charge is 0.0233 e. The maximum absolute atomic E-state index is 2.51. The SMILES string of the molecule is CC(C)P(C(C)C)C1C=CC=C1P(C(C)(C)C)C(C)(C)C. The van der Waals surface area contributed by atoms with E-state index < -0.39 is 0 Å². The summed E-state index contributed by atoms with van der Waals surface area (Å²) >= 11 is 0. The molecule has 0 aromatic carbocycles. The van der Waals surface area contributed by atoms with Gasteiger partial charge in [-0.1, -0.05) is 103 Å². The molecule has 21 heavy (non-hydrogen) atoms. The lowest BCUT2D eigenvalue weighted by Crippen LogP contribution is -2.29. The Balaban J connectivity index is 3.22. The van der Waals surface area contributed by atoms with E-state index in [1.54, 1.807) is 5.31 Å². The lowest BCUT2D eigenvalue weighted by molar-refractivity contribution is 0.710. The Morgan fingerprint density at radius 1 is 0.857 bits per heavy atom. The van der Waals surface area contributed by atoms with E-state index in [4.69, 9.17) is 0 Å². The Kier molecular flexibility index (Phi) is 6.32. The summed E-state index contributed by atoms with van der Waals surface area (Å²) in [7, 11) is -0.135. The second-order valence-corrected chi connectivity index (χ2v) is 16.1. The molecule has 0 N–H and O–H groups in total. The zero-order valence-corrected chi connectivity index (χ0v) is 17.6. The van der Waals surface area contributed by atoms with Crippen LogP contribution in [0.2, 0.25) is 0 Å². The third kappa shape index (κ3) is 4.65. The standard InChI is InChI=1S/C19H36P2/c1-14(2)20(15(3)4)16-12-11-13-17(16)21(18(5,6)7)19(8,9)10/h11-16H,1-10H3. The van der Waals surface area contributed by atoms with Gasteiger partial charge in [0.25, 0.3) is 0 Å². The number of rotatable bonds is 4. The first-order valence-electron chi connectivity index (χ1n) is 8.33. The molecule has 0 aromatic heterocycles. The van der Waals surface area contributed by atoms with Gasteiger partial charge in [0, 0.05) is 5.66 Å². The molecule has 1 atom stereocenters. The maximum Gasteiger partial charge on any atom is 0.0233 e. The summed E-state index contributed by atoms with van der Waals surface area (Å²) in [5.74, 6) is 0. The Morgan fingerprint density at radius 2 is 1.29 bits per heavy atom. The van der Waals surface area contributed by atoms with Gasteiger partial charge in [0.05, 0.1) is 0 Å². The zero-order chi connectivity index (χ0) is 16.6. The molecule has 2 heteroatoms. The minimum atomic E-state index is -0.150. The fraction of sp³-hybridized carbons (Fsp3) is 0.789. The second-order valence-electron chi connectivity index (χ2n) is 8.73. The van der Waals surface area contributed by atoms with Gasteiger partial charge in [-0.15, -0.1) is 0 Å². The molecule has 0 fully saturated rings. The van der Waals surface area contributed by atoms with Gasteiger partial charge in [0.1, 0.15) is 0 Å². The van der Waals surface area contributed by atoms with Crippen LogP contribution in [0.3, 0.4) is 0 Å². The van der Waals surface area contributed by atoms with Crippen LogP contribution >= 0.6 is 15.8 Å². The minimum Gasteiger partial charge on any atom is -0.0897 e. The van der Waals surface area contributed by atoms with Gasteiger partial charge >= 0.3 is 0 Å². The van der Waals surface area contributed by atoms with Crippen molar-refractivity contribution in [2.24, 2.45) is 0 Å². The highest BCUT2D eigenvalue weighted by Gasteiger charge is 2.42. The van der Waals surface area contributed by atoms with Crippen LogP contribution in [0.15, 0.2) is 23.5 Å². The quantitative estimate of drug-likeness (QED) is 0.480. The van der Waals surface area contributed by atoms with Crippen LogP contribution in [0.1, 0.15) is 69.2 Å². The molecule has 0 bridgehead atoms. The van der Waals surface area contributed by atoms with Crippen molar-refractivity contribution in [2.75, 3.05) is 0 Å². The molecule has 0 heterocycles. The monoisotopic (exact) mass is 326 g/mol.